The van der Waals surface area contributed by atoms with Crippen molar-refractivity contribution >= 4 is 41.2 Å². The molecule has 0 spiro atoms. The summed E-state index contributed by atoms with van der Waals surface area (Å²) < 4.78 is 81.6. The van der Waals surface area contributed by atoms with Gasteiger partial charge in [-0.25, -0.2) is 0 Å². The quantitative estimate of drug-likeness (QED) is 0.0423. The summed E-state index contributed by atoms with van der Waals surface area (Å²) in [6, 6.07) is -5.12. The van der Waals surface area contributed by atoms with Crippen LogP contribution < -0.4 is 125 Å². The number of carbonyl (C=O) groups is 3. The summed E-state index contributed by atoms with van der Waals surface area (Å²) in [7, 11) is -16.9. The zero-order valence-corrected chi connectivity index (χ0v) is 42.3. The second-order valence-corrected chi connectivity index (χ2v) is 16.8. The van der Waals surface area contributed by atoms with E-state index < -0.39 is 153 Å². The number of amides is 3. The van der Waals surface area contributed by atoms with Crippen LogP contribution in [0, 0.1) is 0 Å². The van der Waals surface area contributed by atoms with Crippen molar-refractivity contribution in [2.75, 3.05) is 33.0 Å². The van der Waals surface area contributed by atoms with Gasteiger partial charge in [-0.05, 0) is 0 Å². The molecule has 29 nitrogen and oxygen atoms in total. The van der Waals surface area contributed by atoms with E-state index in [1.807, 2.05) is 0 Å². The average molecular weight is 977 g/mol. The summed E-state index contributed by atoms with van der Waals surface area (Å²) in [6.07, 6.45) is -23.9. The minimum Gasteiger partial charge on any atom is -0.756 e. The van der Waals surface area contributed by atoms with Crippen molar-refractivity contribution in [1.29, 1.82) is 0 Å². The number of nitrogens with two attached hydrogens (primary N) is 1. The Morgan fingerprint density at radius 3 is 1.16 bits per heavy atom. The van der Waals surface area contributed by atoms with Crippen LogP contribution in [-0.2, 0) is 69.6 Å². The molecule has 3 aliphatic rings. The molecule has 3 unspecified atom stereocenters. The molecule has 0 bridgehead atoms. The summed E-state index contributed by atoms with van der Waals surface area (Å²) in [5.41, 5.74) is 5.42. The van der Waals surface area contributed by atoms with Crippen LogP contribution in [0.2, 0.25) is 0 Å². The van der Waals surface area contributed by atoms with Crippen LogP contribution >= 0.6 is 23.5 Å². The molecule has 3 rings (SSSR count). The molecule has 3 saturated heterocycles. The van der Waals surface area contributed by atoms with Gasteiger partial charge in [0.15, 0.2) is 18.9 Å². The zero-order chi connectivity index (χ0) is 43.9. The van der Waals surface area contributed by atoms with Crippen LogP contribution in [-0.4, -0.2) is 178 Å². The first-order chi connectivity index (χ1) is 26.8. The number of hydrogen-bond donors (Lipinski definition) is 11. The van der Waals surface area contributed by atoms with E-state index in [1.165, 1.54) is 0 Å². The molecular formula is C26H46N4Na3O25P3. The van der Waals surface area contributed by atoms with Crippen LogP contribution in [0.15, 0.2) is 0 Å². The molecule has 3 amide bonds. The van der Waals surface area contributed by atoms with E-state index in [0.717, 1.165) is 20.8 Å². The van der Waals surface area contributed by atoms with Crippen LogP contribution in [0.25, 0.3) is 0 Å². The van der Waals surface area contributed by atoms with Crippen molar-refractivity contribution in [1.82, 2.24) is 16.0 Å². The van der Waals surface area contributed by atoms with Gasteiger partial charge in [-0.2, -0.15) is 0 Å². The van der Waals surface area contributed by atoms with Gasteiger partial charge in [0.05, 0.1) is 26.4 Å². The molecule has 61 heavy (non-hydrogen) atoms. The number of aliphatic hydroxyl groups excluding tert-OH is 6. The maximum Gasteiger partial charge on any atom is 1.00 e. The molecule has 3 aliphatic heterocycles. The van der Waals surface area contributed by atoms with Gasteiger partial charge in [0.25, 0.3) is 23.5 Å². The first-order valence-corrected chi connectivity index (χ1v) is 21.3. The van der Waals surface area contributed by atoms with Gasteiger partial charge in [0.1, 0.15) is 73.1 Å². The maximum atomic E-state index is 13.0. The van der Waals surface area contributed by atoms with Gasteiger partial charge in [-0.3, -0.25) is 37.1 Å². The monoisotopic (exact) mass is 976 g/mol. The molecule has 3 fully saturated rings. The standard InChI is InChI=1S/C26H49N4O25P3.3Na/c1-9(31)28-15-21(37)19(35)13(51-24(15)47-5-4-27)7-49-57(43,44)55-26-17(30-11(3)33)23(39)20(36)14(53-26)8-50-58(45,46)54-25-16(29-10(2)32)22(38)18(34)12(52-25)6-48-56(40,41)42;;;/h12-26,34-39H,4-8,27H2,1-3H3,(H,28,31)(H,29,32)(H,30,33)(H,43,44)(H,45,46)(H2,40,41,42);;;/q;3*+1/p-3/t12-,13-,14-,15+,16+,17+,18-,19-,20-,21-,22-,23-,24+,25-,26-;;;/m1.../s1. The van der Waals surface area contributed by atoms with Crippen molar-refractivity contribution in [3.05, 3.63) is 0 Å². The van der Waals surface area contributed by atoms with Crippen LogP contribution in [0.1, 0.15) is 20.8 Å². The van der Waals surface area contributed by atoms with Gasteiger partial charge in [0.2, 0.25) is 17.7 Å². The van der Waals surface area contributed by atoms with Crippen LogP contribution in [0.5, 0.6) is 0 Å². The normalized spacial score (nSPS) is 36.8. The number of phosphoric acid groups is 3. The van der Waals surface area contributed by atoms with E-state index in [4.69, 9.17) is 47.7 Å². The SMILES string of the molecule is CC(=O)N[C@@H]1[C@@H](OP(=O)([O-])OC[C@H]2O[C@H](OP(=O)([O-])OC[C@H]3O[C@H](OCCN)[C@@H](NC(C)=O)[C@@H](O)[C@@H]3O)[C@@H](NC(C)=O)[C@@H](O)[C@@H]2O)O[C@H](COP(=O)([O-])O)[C@@H](O)[C@@H]1O.[Na+].[Na+].[Na+]. The molecule has 0 aromatic heterocycles. The van der Waals surface area contributed by atoms with Gasteiger partial charge < -0.3 is 104 Å². The summed E-state index contributed by atoms with van der Waals surface area (Å²) in [5.74, 6) is -2.47. The minimum absolute atomic E-state index is 0. The molecular weight excluding hydrogens is 930 g/mol. The number of rotatable bonds is 19. The van der Waals surface area contributed by atoms with E-state index in [9.17, 15) is 73.4 Å². The summed E-state index contributed by atoms with van der Waals surface area (Å²) in [4.78, 5) is 81.1. The summed E-state index contributed by atoms with van der Waals surface area (Å²) in [6.45, 7) is -0.859. The largest absolute Gasteiger partial charge is 1.00 e. The van der Waals surface area contributed by atoms with Crippen molar-refractivity contribution in [2.45, 2.75) is 113 Å². The number of nitrogens with one attached hydrogen (secondary N) is 3. The van der Waals surface area contributed by atoms with E-state index in [2.05, 4.69) is 20.5 Å². The van der Waals surface area contributed by atoms with E-state index in [0.29, 0.717) is 0 Å². The Bertz CT molecular complexity index is 1560. The first kappa shape index (κ1) is 62.3. The van der Waals surface area contributed by atoms with E-state index >= 15 is 0 Å². The number of ether oxygens (including phenoxy) is 4. The third kappa shape index (κ3) is 19.4. The van der Waals surface area contributed by atoms with Gasteiger partial charge in [-0.1, -0.05) is 0 Å². The average Bonchev–Trinajstić information content (AvgIpc) is 3.10. The third-order valence-electron chi connectivity index (χ3n) is 8.27. The Kier molecular flexibility index (Phi) is 27.9. The maximum absolute atomic E-state index is 13.0. The Balaban J connectivity index is 0.0000120. The molecule has 0 aromatic carbocycles. The molecule has 338 valence electrons. The van der Waals surface area contributed by atoms with Gasteiger partial charge in [0, 0.05) is 27.3 Å². The third-order valence-corrected chi connectivity index (χ3v) is 10.6. The second-order valence-electron chi connectivity index (χ2n) is 12.9. The molecule has 35 heteroatoms. The predicted molar refractivity (Wildman–Crippen MR) is 175 cm³/mol. The van der Waals surface area contributed by atoms with Crippen molar-refractivity contribution in [2.24, 2.45) is 5.73 Å². The van der Waals surface area contributed by atoms with E-state index in [1.54, 1.807) is 0 Å². The molecule has 0 radical (unpaired) electrons. The van der Waals surface area contributed by atoms with Gasteiger partial charge >= 0.3 is 88.7 Å². The predicted octanol–water partition coefficient (Wildman–Crippen LogP) is -17.7. The zero-order valence-electron chi connectivity index (χ0n) is 33.6. The number of phosphoric ester groups is 3. The number of carbonyl (C=O) groups excluding carboxylic acids is 3. The number of hydrogen-bond acceptors (Lipinski definition) is 25. The topological polar surface area (TPSA) is 458 Å². The molecule has 3 heterocycles. The molecule has 0 aliphatic carbocycles. The first-order valence-electron chi connectivity index (χ1n) is 16.9. The molecule has 0 aromatic rings. The Labute approximate surface area is 413 Å². The fourth-order valence-corrected chi connectivity index (χ4v) is 7.68. The van der Waals surface area contributed by atoms with Crippen molar-refractivity contribution in [3.63, 3.8) is 0 Å². The van der Waals surface area contributed by atoms with Gasteiger partial charge in [-0.15, -0.1) is 0 Å². The van der Waals surface area contributed by atoms with Crippen LogP contribution in [0.3, 0.4) is 0 Å². The Hall–Kier alpha value is 1.30. The number of aliphatic hydroxyl groups is 6. The van der Waals surface area contributed by atoms with Crippen molar-refractivity contribution < 1.29 is 209 Å². The molecule has 12 N–H and O–H groups in total. The second kappa shape index (κ2) is 27.3. The molecule has 0 saturated carbocycles. The fourth-order valence-electron chi connectivity index (χ4n) is 5.69. The summed E-state index contributed by atoms with van der Waals surface area (Å²) in [5, 5.41) is 70.0. The Morgan fingerprint density at radius 1 is 0.574 bits per heavy atom. The Morgan fingerprint density at radius 2 is 0.869 bits per heavy atom. The smallest absolute Gasteiger partial charge is 0.756 e. The van der Waals surface area contributed by atoms with E-state index in [-0.39, 0.29) is 102 Å². The molecule has 18 atom stereocenters. The van der Waals surface area contributed by atoms with Crippen molar-refractivity contribution in [3.8, 4) is 0 Å². The van der Waals surface area contributed by atoms with Crippen LogP contribution in [0.4, 0.5) is 0 Å². The fraction of sp³-hybridized carbons (Fsp3) is 0.885. The summed E-state index contributed by atoms with van der Waals surface area (Å²) >= 11 is 0. The minimum atomic E-state index is -5.79.